The second-order valence-electron chi connectivity index (χ2n) is 5.55. The molecule has 7 nitrogen and oxygen atoms in total. The van der Waals surface area contributed by atoms with Gasteiger partial charge in [-0.3, -0.25) is 14.5 Å². The Morgan fingerprint density at radius 3 is 3.07 bits per heavy atom. The maximum atomic E-state index is 12.5. The highest BCUT2D eigenvalue weighted by Gasteiger charge is 2.14. The Morgan fingerprint density at radius 2 is 2.30 bits per heavy atom. The molecule has 0 bridgehead atoms. The van der Waals surface area contributed by atoms with Gasteiger partial charge in [-0.2, -0.15) is 5.10 Å². The summed E-state index contributed by atoms with van der Waals surface area (Å²) < 4.78 is 8.54. The lowest BCUT2D eigenvalue weighted by Gasteiger charge is -2.05. The lowest BCUT2D eigenvalue weighted by molar-refractivity contribution is -0.116. The van der Waals surface area contributed by atoms with Crippen molar-refractivity contribution in [2.24, 2.45) is 0 Å². The first-order valence-electron chi connectivity index (χ1n) is 8.16. The molecular weight excluding hydrogens is 402 g/mol. The van der Waals surface area contributed by atoms with Crippen LogP contribution in [0, 0.1) is 4.77 Å². The topological polar surface area (TPSA) is 84.8 Å². The minimum atomic E-state index is -0.214. The summed E-state index contributed by atoms with van der Waals surface area (Å²) in [5.74, 6) is 1.22. The van der Waals surface area contributed by atoms with E-state index in [2.05, 4.69) is 20.5 Å². The van der Waals surface area contributed by atoms with Crippen molar-refractivity contribution in [3.8, 4) is 16.5 Å². The van der Waals surface area contributed by atoms with Gasteiger partial charge in [0.05, 0.1) is 21.7 Å². The first kappa shape index (κ1) is 17.8. The van der Waals surface area contributed by atoms with Gasteiger partial charge in [-0.05, 0) is 48.8 Å². The van der Waals surface area contributed by atoms with E-state index in [4.69, 9.17) is 17.0 Å². The SMILES string of the molecule is CCOc1ccc2nc(NC(=O)Cn3c(-c4cccs4)n[nH]c3=S)sc2c1. The molecule has 0 aliphatic heterocycles. The number of nitrogens with zero attached hydrogens (tertiary/aromatic N) is 3. The van der Waals surface area contributed by atoms with Crippen molar-refractivity contribution in [3.63, 3.8) is 0 Å². The number of carbonyl (C=O) groups is 1. The molecule has 4 rings (SSSR count). The molecule has 138 valence electrons. The molecule has 10 heteroatoms. The number of benzene rings is 1. The van der Waals surface area contributed by atoms with Crippen molar-refractivity contribution in [2.75, 3.05) is 11.9 Å². The van der Waals surface area contributed by atoms with Crippen molar-refractivity contribution in [1.29, 1.82) is 0 Å². The van der Waals surface area contributed by atoms with Gasteiger partial charge in [0.2, 0.25) is 5.91 Å². The van der Waals surface area contributed by atoms with E-state index in [0.717, 1.165) is 20.8 Å². The number of fused-ring (bicyclic) bond motifs is 1. The summed E-state index contributed by atoms with van der Waals surface area (Å²) in [6, 6.07) is 9.54. The fourth-order valence-corrected chi connectivity index (χ4v) is 4.40. The van der Waals surface area contributed by atoms with Crippen LogP contribution in [0.1, 0.15) is 6.92 Å². The lowest BCUT2D eigenvalue weighted by Crippen LogP contribution is -2.19. The van der Waals surface area contributed by atoms with Crippen molar-refractivity contribution >= 4 is 56.1 Å². The monoisotopic (exact) mass is 417 g/mol. The van der Waals surface area contributed by atoms with Crippen molar-refractivity contribution < 1.29 is 9.53 Å². The summed E-state index contributed by atoms with van der Waals surface area (Å²) in [7, 11) is 0. The van der Waals surface area contributed by atoms with E-state index in [0.29, 0.717) is 22.3 Å². The molecule has 0 radical (unpaired) electrons. The zero-order chi connectivity index (χ0) is 18.8. The molecule has 4 aromatic rings. The van der Waals surface area contributed by atoms with Gasteiger partial charge in [0, 0.05) is 0 Å². The molecular formula is C17H15N5O2S3. The Hall–Kier alpha value is -2.56. The molecule has 0 aliphatic rings. The molecule has 3 aromatic heterocycles. The molecule has 27 heavy (non-hydrogen) atoms. The number of hydrogen-bond acceptors (Lipinski definition) is 7. The largest absolute Gasteiger partial charge is 0.494 e. The number of carbonyl (C=O) groups excluding carboxylic acids is 1. The van der Waals surface area contributed by atoms with E-state index in [9.17, 15) is 4.79 Å². The lowest BCUT2D eigenvalue weighted by atomic mass is 10.3. The van der Waals surface area contributed by atoms with Crippen LogP contribution in [0.4, 0.5) is 5.13 Å². The summed E-state index contributed by atoms with van der Waals surface area (Å²) in [5, 5.41) is 12.3. The highest BCUT2D eigenvalue weighted by Crippen LogP contribution is 2.29. The molecule has 2 N–H and O–H groups in total. The standard InChI is InChI=1S/C17H15N5O2S3/c1-2-24-10-5-6-11-13(8-10)27-16(18-11)19-14(23)9-22-15(20-21-17(22)25)12-4-3-7-26-12/h3-8H,2,9H2,1H3,(H,21,25)(H,18,19,23). The Labute approximate surface area is 167 Å². The van der Waals surface area contributed by atoms with E-state index in [1.807, 2.05) is 42.6 Å². The summed E-state index contributed by atoms with van der Waals surface area (Å²) in [4.78, 5) is 17.9. The molecule has 3 heterocycles. The van der Waals surface area contributed by atoms with Crippen LogP contribution in [0.3, 0.4) is 0 Å². The number of ether oxygens (including phenoxy) is 1. The van der Waals surface area contributed by atoms with Gasteiger partial charge < -0.3 is 10.1 Å². The minimum absolute atomic E-state index is 0.0582. The Morgan fingerprint density at radius 1 is 1.41 bits per heavy atom. The van der Waals surface area contributed by atoms with Gasteiger partial charge in [-0.1, -0.05) is 17.4 Å². The van der Waals surface area contributed by atoms with Crippen molar-refractivity contribution in [3.05, 3.63) is 40.5 Å². The molecule has 0 unspecified atom stereocenters. The van der Waals surface area contributed by atoms with Crippen LogP contribution >= 0.6 is 34.9 Å². The van der Waals surface area contributed by atoms with Gasteiger partial charge in [0.25, 0.3) is 0 Å². The molecule has 1 amide bonds. The quantitative estimate of drug-likeness (QED) is 0.457. The zero-order valence-electron chi connectivity index (χ0n) is 14.3. The number of H-pyrrole nitrogens is 1. The number of hydrogen-bond donors (Lipinski definition) is 2. The average molecular weight is 418 g/mol. The number of aromatic nitrogens is 4. The predicted molar refractivity (Wildman–Crippen MR) is 110 cm³/mol. The Balaban J connectivity index is 1.53. The number of aromatic amines is 1. The molecule has 1 aromatic carbocycles. The number of rotatable bonds is 6. The summed E-state index contributed by atoms with van der Waals surface area (Å²) in [5.41, 5.74) is 0.818. The number of anilines is 1. The van der Waals surface area contributed by atoms with Gasteiger partial charge in [0.1, 0.15) is 12.3 Å². The highest BCUT2D eigenvalue weighted by atomic mass is 32.1. The number of thiazole rings is 1. The summed E-state index contributed by atoms with van der Waals surface area (Å²) in [6.07, 6.45) is 0. The van der Waals surface area contributed by atoms with Gasteiger partial charge in [-0.25, -0.2) is 4.98 Å². The smallest absolute Gasteiger partial charge is 0.246 e. The third-order valence-electron chi connectivity index (χ3n) is 3.72. The number of amides is 1. The van der Waals surface area contributed by atoms with Crippen LogP contribution in [0.2, 0.25) is 0 Å². The third-order valence-corrected chi connectivity index (χ3v) is 5.83. The second-order valence-corrected chi connectivity index (χ2v) is 7.91. The average Bonchev–Trinajstić information content (AvgIpc) is 3.36. The minimum Gasteiger partial charge on any atom is -0.494 e. The Bertz CT molecular complexity index is 1140. The second kappa shape index (κ2) is 7.59. The van der Waals surface area contributed by atoms with Crippen LogP contribution in [-0.2, 0) is 11.3 Å². The van der Waals surface area contributed by atoms with Gasteiger partial charge >= 0.3 is 0 Å². The first-order valence-corrected chi connectivity index (χ1v) is 10.3. The molecule has 0 spiro atoms. The first-order chi connectivity index (χ1) is 13.1. The zero-order valence-corrected chi connectivity index (χ0v) is 16.7. The van der Waals surface area contributed by atoms with Crippen LogP contribution in [0.15, 0.2) is 35.7 Å². The van der Waals surface area contributed by atoms with Gasteiger partial charge in [-0.15, -0.1) is 11.3 Å². The van der Waals surface area contributed by atoms with Crippen LogP contribution in [0.5, 0.6) is 5.75 Å². The van der Waals surface area contributed by atoms with E-state index in [1.54, 1.807) is 4.57 Å². The number of thiophene rings is 1. The third kappa shape index (κ3) is 3.77. The van der Waals surface area contributed by atoms with Crippen LogP contribution in [0.25, 0.3) is 20.9 Å². The molecule has 0 saturated heterocycles. The maximum absolute atomic E-state index is 12.5. The molecule has 0 atom stereocenters. The van der Waals surface area contributed by atoms with E-state index < -0.39 is 0 Å². The van der Waals surface area contributed by atoms with Crippen LogP contribution in [-0.4, -0.2) is 32.3 Å². The van der Waals surface area contributed by atoms with Crippen molar-refractivity contribution in [1.82, 2.24) is 19.7 Å². The summed E-state index contributed by atoms with van der Waals surface area (Å²) in [6.45, 7) is 2.60. The molecule has 0 saturated carbocycles. The van der Waals surface area contributed by atoms with E-state index >= 15 is 0 Å². The number of nitrogens with one attached hydrogen (secondary N) is 2. The predicted octanol–water partition coefficient (Wildman–Crippen LogP) is 4.32. The Kier molecular flexibility index (Phi) is 5.01. The normalized spacial score (nSPS) is 11.0. The molecule has 0 aliphatic carbocycles. The highest BCUT2D eigenvalue weighted by molar-refractivity contribution is 7.71. The van der Waals surface area contributed by atoms with Gasteiger partial charge in [0.15, 0.2) is 15.7 Å². The van der Waals surface area contributed by atoms with Crippen LogP contribution < -0.4 is 10.1 Å². The fraction of sp³-hybridized carbons (Fsp3) is 0.176. The molecule has 0 fully saturated rings. The fourth-order valence-electron chi connectivity index (χ4n) is 2.58. The maximum Gasteiger partial charge on any atom is 0.246 e. The van der Waals surface area contributed by atoms with E-state index in [-0.39, 0.29) is 12.5 Å². The summed E-state index contributed by atoms with van der Waals surface area (Å²) >= 11 is 8.21. The van der Waals surface area contributed by atoms with E-state index in [1.165, 1.54) is 22.7 Å². The van der Waals surface area contributed by atoms with Crippen molar-refractivity contribution in [2.45, 2.75) is 13.5 Å².